The molecule has 0 aliphatic rings. The molecule has 6 nitrogen and oxygen atoms in total. The van der Waals surface area contributed by atoms with E-state index in [1.807, 2.05) is 14.1 Å². The number of phenolic OH excluding ortho intramolecular Hbond substituents is 1. The van der Waals surface area contributed by atoms with E-state index in [0.29, 0.717) is 29.6 Å². The first-order valence-corrected chi connectivity index (χ1v) is 7.70. The van der Waals surface area contributed by atoms with Crippen molar-refractivity contribution in [3.05, 3.63) is 29.3 Å². The zero-order valence-corrected chi connectivity index (χ0v) is 14.0. The number of nitrogens with one attached hydrogen (secondary N) is 2. The summed E-state index contributed by atoms with van der Waals surface area (Å²) in [5, 5.41) is 26.4. The van der Waals surface area contributed by atoms with Crippen LogP contribution in [0.3, 0.4) is 0 Å². The van der Waals surface area contributed by atoms with E-state index >= 15 is 0 Å². The van der Waals surface area contributed by atoms with Crippen molar-refractivity contribution in [2.45, 2.75) is 12.5 Å². The van der Waals surface area contributed by atoms with Crippen LogP contribution >= 0.6 is 0 Å². The summed E-state index contributed by atoms with van der Waals surface area (Å²) >= 11 is 0. The van der Waals surface area contributed by atoms with Gasteiger partial charge in [0.2, 0.25) is 0 Å². The van der Waals surface area contributed by atoms with Gasteiger partial charge < -0.3 is 25.7 Å². The Kier molecular flexibility index (Phi) is 8.32. The number of hydrogen-bond acceptors (Lipinski definition) is 6. The maximum Gasteiger partial charge on any atom is 0.142 e. The predicted molar refractivity (Wildman–Crippen MR) is 93.8 cm³/mol. The van der Waals surface area contributed by atoms with E-state index in [2.05, 4.69) is 15.5 Å². The Morgan fingerprint density at radius 2 is 2.09 bits per heavy atom. The van der Waals surface area contributed by atoms with Gasteiger partial charge in [0.25, 0.3) is 0 Å². The molecular formula is C17H27N3O3. The van der Waals surface area contributed by atoms with Gasteiger partial charge in [-0.2, -0.15) is 0 Å². The van der Waals surface area contributed by atoms with Crippen LogP contribution in [0.5, 0.6) is 5.75 Å². The lowest BCUT2D eigenvalue weighted by atomic mass is 9.99. The minimum atomic E-state index is -0.728. The van der Waals surface area contributed by atoms with Gasteiger partial charge in [-0.1, -0.05) is 6.07 Å². The fourth-order valence-electron chi connectivity index (χ4n) is 2.36. The van der Waals surface area contributed by atoms with Crippen LogP contribution in [0.1, 0.15) is 23.7 Å². The molecular weight excluding hydrogens is 294 g/mol. The Morgan fingerprint density at radius 3 is 2.70 bits per heavy atom. The molecule has 4 N–H and O–H groups in total. The summed E-state index contributed by atoms with van der Waals surface area (Å²) in [7, 11) is 5.73. The summed E-state index contributed by atoms with van der Waals surface area (Å²) in [6.07, 6.45) is 3.86. The number of phenols is 1. The number of aliphatic hydroxyl groups is 1. The Hall–Kier alpha value is -1.89. The van der Waals surface area contributed by atoms with Crippen molar-refractivity contribution in [1.29, 1.82) is 0 Å². The van der Waals surface area contributed by atoms with Crippen molar-refractivity contribution in [3.63, 3.8) is 0 Å². The van der Waals surface area contributed by atoms with Crippen molar-refractivity contribution in [3.8, 4) is 5.75 Å². The van der Waals surface area contributed by atoms with Crippen molar-refractivity contribution in [1.82, 2.24) is 10.2 Å². The molecule has 1 aromatic carbocycles. The number of aldehydes is 1. The fourth-order valence-corrected chi connectivity index (χ4v) is 2.36. The molecule has 1 aromatic rings. The van der Waals surface area contributed by atoms with Crippen LogP contribution in [0.4, 0.5) is 5.69 Å². The second-order valence-corrected chi connectivity index (χ2v) is 5.58. The van der Waals surface area contributed by atoms with Gasteiger partial charge in [0.15, 0.2) is 0 Å². The van der Waals surface area contributed by atoms with Crippen molar-refractivity contribution < 1.29 is 15.0 Å². The van der Waals surface area contributed by atoms with Crippen molar-refractivity contribution in [2.24, 2.45) is 0 Å². The Labute approximate surface area is 137 Å². The molecule has 0 aromatic heterocycles. The predicted octanol–water partition coefficient (Wildman–Crippen LogP) is 1.22. The summed E-state index contributed by atoms with van der Waals surface area (Å²) in [5.41, 5.74) is 1.76. The fraction of sp³-hybridized carbons (Fsp3) is 0.471. The van der Waals surface area contributed by atoms with E-state index in [9.17, 15) is 15.0 Å². The van der Waals surface area contributed by atoms with Crippen molar-refractivity contribution in [2.75, 3.05) is 46.1 Å². The van der Waals surface area contributed by atoms with E-state index in [0.717, 1.165) is 19.5 Å². The summed E-state index contributed by atoms with van der Waals surface area (Å²) in [5.74, 6) is 0.0768. The number of carbonyl (C=O) groups is 1. The standard InChI is InChI=1S/C17H27N3O3/c1-18-17-14(6-4-11-21)13(7-8-15(17)22)16(23)12-19-9-5-10-20(2)3/h4,6-8,11,16,18-19,22-23H,5,9-10,12H2,1-3H3/b6-4-. The molecule has 0 heterocycles. The first kappa shape index (κ1) is 19.2. The quantitative estimate of drug-likeness (QED) is 0.224. The van der Waals surface area contributed by atoms with Crippen LogP contribution in [0.2, 0.25) is 0 Å². The number of anilines is 1. The van der Waals surface area contributed by atoms with Gasteiger partial charge in [-0.05, 0) is 57.4 Å². The smallest absolute Gasteiger partial charge is 0.142 e. The lowest BCUT2D eigenvalue weighted by Gasteiger charge is -2.18. The summed E-state index contributed by atoms with van der Waals surface area (Å²) in [4.78, 5) is 12.7. The number of nitrogens with zero attached hydrogens (tertiary/aromatic N) is 1. The average Bonchev–Trinajstić information content (AvgIpc) is 2.52. The summed E-state index contributed by atoms with van der Waals surface area (Å²) in [6.45, 7) is 2.20. The number of aliphatic hydroxyl groups excluding tert-OH is 1. The third kappa shape index (κ3) is 6.02. The van der Waals surface area contributed by atoms with Gasteiger partial charge in [-0.15, -0.1) is 0 Å². The Balaban J connectivity index is 2.80. The number of hydrogen-bond donors (Lipinski definition) is 4. The highest BCUT2D eigenvalue weighted by molar-refractivity contribution is 5.81. The van der Waals surface area contributed by atoms with Gasteiger partial charge in [0.1, 0.15) is 12.0 Å². The van der Waals surface area contributed by atoms with Crippen LogP contribution in [0, 0.1) is 0 Å². The topological polar surface area (TPSA) is 84.8 Å². The summed E-state index contributed by atoms with van der Waals surface area (Å²) < 4.78 is 0. The molecule has 1 atom stereocenters. The molecule has 1 rings (SSSR count). The molecule has 0 aliphatic heterocycles. The van der Waals surface area contributed by atoms with E-state index in [4.69, 9.17) is 0 Å². The Bertz CT molecular complexity index is 530. The number of benzene rings is 1. The molecule has 0 saturated carbocycles. The first-order valence-electron chi connectivity index (χ1n) is 7.70. The molecule has 0 saturated heterocycles. The van der Waals surface area contributed by atoms with E-state index in [1.54, 1.807) is 19.2 Å². The largest absolute Gasteiger partial charge is 0.506 e. The average molecular weight is 321 g/mol. The van der Waals surface area contributed by atoms with Gasteiger partial charge in [0.05, 0.1) is 11.8 Å². The van der Waals surface area contributed by atoms with E-state index in [-0.39, 0.29) is 5.75 Å². The molecule has 23 heavy (non-hydrogen) atoms. The highest BCUT2D eigenvalue weighted by Crippen LogP contribution is 2.33. The van der Waals surface area contributed by atoms with Gasteiger partial charge in [-0.25, -0.2) is 0 Å². The zero-order valence-electron chi connectivity index (χ0n) is 14.0. The van der Waals surface area contributed by atoms with Gasteiger partial charge >= 0.3 is 0 Å². The molecule has 0 fully saturated rings. The van der Waals surface area contributed by atoms with Crippen LogP contribution in [-0.2, 0) is 4.79 Å². The third-order valence-corrected chi connectivity index (χ3v) is 3.50. The second-order valence-electron chi connectivity index (χ2n) is 5.58. The van der Waals surface area contributed by atoms with Crippen LogP contribution in [0.15, 0.2) is 18.2 Å². The second kappa shape index (κ2) is 9.99. The lowest BCUT2D eigenvalue weighted by molar-refractivity contribution is -0.104. The molecule has 6 heteroatoms. The normalized spacial score (nSPS) is 12.7. The highest BCUT2D eigenvalue weighted by atomic mass is 16.3. The number of allylic oxidation sites excluding steroid dienone is 1. The minimum absolute atomic E-state index is 0.0768. The molecule has 128 valence electrons. The maximum absolute atomic E-state index is 10.6. The third-order valence-electron chi connectivity index (χ3n) is 3.50. The van der Waals surface area contributed by atoms with E-state index < -0.39 is 6.10 Å². The monoisotopic (exact) mass is 321 g/mol. The lowest BCUT2D eigenvalue weighted by Crippen LogP contribution is -2.25. The van der Waals surface area contributed by atoms with Gasteiger partial charge in [0, 0.05) is 19.2 Å². The SMILES string of the molecule is CNc1c(O)ccc(C(O)CNCCCN(C)C)c1/C=C\C=O. The highest BCUT2D eigenvalue weighted by Gasteiger charge is 2.16. The minimum Gasteiger partial charge on any atom is -0.506 e. The number of aromatic hydroxyl groups is 1. The molecule has 0 radical (unpaired) electrons. The molecule has 0 bridgehead atoms. The molecule has 1 unspecified atom stereocenters. The maximum atomic E-state index is 10.6. The van der Waals surface area contributed by atoms with Gasteiger partial charge in [-0.3, -0.25) is 4.79 Å². The summed E-state index contributed by atoms with van der Waals surface area (Å²) in [6, 6.07) is 3.21. The first-order chi connectivity index (χ1) is 11.0. The van der Waals surface area contributed by atoms with Crippen LogP contribution in [0.25, 0.3) is 6.08 Å². The molecule has 0 aliphatic carbocycles. The van der Waals surface area contributed by atoms with Crippen LogP contribution in [-0.4, -0.2) is 62.2 Å². The van der Waals surface area contributed by atoms with E-state index in [1.165, 1.54) is 12.1 Å². The Morgan fingerprint density at radius 1 is 1.35 bits per heavy atom. The zero-order chi connectivity index (χ0) is 17.2. The molecule has 0 spiro atoms. The van der Waals surface area contributed by atoms with Crippen LogP contribution < -0.4 is 10.6 Å². The molecule has 0 amide bonds. The number of rotatable bonds is 10. The van der Waals surface area contributed by atoms with Crippen molar-refractivity contribution >= 4 is 18.0 Å². The number of carbonyl (C=O) groups excluding carboxylic acids is 1.